The lowest BCUT2D eigenvalue weighted by atomic mass is 9.72. The molecule has 0 radical (unpaired) electrons. The lowest BCUT2D eigenvalue weighted by Crippen LogP contribution is -2.66. The highest BCUT2D eigenvalue weighted by Gasteiger charge is 2.74. The predicted octanol–water partition coefficient (Wildman–Crippen LogP) is 6.80. The highest BCUT2D eigenvalue weighted by molar-refractivity contribution is 5.91. The van der Waals surface area contributed by atoms with Crippen molar-refractivity contribution in [3.05, 3.63) is 12.2 Å². The first-order valence-electron chi connectivity index (χ1n) is 23.6. The summed E-state index contributed by atoms with van der Waals surface area (Å²) < 4.78 is 39.5. The van der Waals surface area contributed by atoms with E-state index in [9.17, 15) is 34.5 Å². The predicted molar refractivity (Wildman–Crippen MR) is 228 cm³/mol. The van der Waals surface area contributed by atoms with E-state index in [4.69, 9.17) is 28.4 Å². The number of aliphatic carboxylic acids is 1. The molecule has 5 N–H and O–H groups in total. The monoisotopic (exact) mass is 877 g/mol. The number of carboxylic acid groups (broad SMARTS) is 1. The van der Waals surface area contributed by atoms with Crippen LogP contribution in [0, 0.1) is 40.9 Å². The molecule has 4 saturated heterocycles. The molecule has 18 atom stereocenters. The van der Waals surface area contributed by atoms with Crippen molar-refractivity contribution in [2.75, 3.05) is 6.61 Å². The quantitative estimate of drug-likeness (QED) is 0.121. The van der Waals surface area contributed by atoms with Gasteiger partial charge in [-0.3, -0.25) is 9.59 Å². The molecule has 0 aromatic rings. The molecular weight excluding hydrogens is 801 g/mol. The number of nitrogens with one attached hydrogen (secondary N) is 2. The molecule has 1 saturated carbocycles. The summed E-state index contributed by atoms with van der Waals surface area (Å²) in [5, 5.41) is 38.3. The summed E-state index contributed by atoms with van der Waals surface area (Å²) in [4.78, 5) is 52.4. The molecule has 5 fully saturated rings. The van der Waals surface area contributed by atoms with Crippen LogP contribution in [0.25, 0.3) is 0 Å². The summed E-state index contributed by atoms with van der Waals surface area (Å²) in [6, 6.07) is -1.66. The van der Waals surface area contributed by atoms with Crippen LogP contribution < -0.4 is 10.6 Å². The van der Waals surface area contributed by atoms with Crippen LogP contribution in [0.1, 0.15) is 147 Å². The number of Topliss-reactive ketones (excluding diaryl/α,β-unsaturated/α-hetero) is 1. The van der Waals surface area contributed by atoms with E-state index in [2.05, 4.69) is 24.5 Å². The number of hydrogen-bond donors (Lipinski definition) is 5. The number of alkyl carbamates (subject to hydrolysis) is 1. The third-order valence-corrected chi connectivity index (χ3v) is 16.5. The van der Waals surface area contributed by atoms with Crippen LogP contribution in [0.2, 0.25) is 0 Å². The van der Waals surface area contributed by atoms with Gasteiger partial charge in [0.1, 0.15) is 11.8 Å². The van der Waals surface area contributed by atoms with Crippen LogP contribution in [-0.2, 0) is 38.0 Å². The number of carbonyl (C=O) groups is 4. The van der Waals surface area contributed by atoms with Gasteiger partial charge in [0.05, 0.1) is 59.8 Å². The van der Waals surface area contributed by atoms with Crippen LogP contribution >= 0.6 is 0 Å². The fraction of sp³-hybridized carbons (Fsp3) is 0.872. The number of imide groups is 1. The van der Waals surface area contributed by atoms with Gasteiger partial charge in [-0.25, -0.2) is 14.9 Å². The number of carbonyl (C=O) groups excluding carboxylic acids is 3. The molecule has 3 amide bonds. The topological polar surface area (TPSA) is 208 Å². The maximum Gasteiger partial charge on any atom is 0.415 e. The zero-order valence-corrected chi connectivity index (χ0v) is 39.0. The summed E-state index contributed by atoms with van der Waals surface area (Å²) in [5.41, 5.74) is -3.29. The Hall–Kier alpha value is -2.66. The molecular formula is C47H76N2O13. The molecule has 5 heterocycles. The third-order valence-electron chi connectivity index (χ3n) is 16.5. The maximum atomic E-state index is 14.8. The Morgan fingerprint density at radius 2 is 1.60 bits per heavy atom. The normalized spacial score (nSPS) is 44.7. The van der Waals surface area contributed by atoms with Gasteiger partial charge in [0.25, 0.3) is 0 Å². The molecule has 62 heavy (non-hydrogen) atoms. The molecule has 1 aliphatic carbocycles. The number of amides is 3. The Bertz CT molecular complexity index is 1710. The van der Waals surface area contributed by atoms with Crippen molar-refractivity contribution in [1.29, 1.82) is 0 Å². The molecule has 15 heteroatoms. The molecule has 5 aliphatic heterocycles. The van der Waals surface area contributed by atoms with E-state index in [1.165, 1.54) is 0 Å². The first kappa shape index (κ1) is 48.8. The van der Waals surface area contributed by atoms with Crippen molar-refractivity contribution < 1.29 is 62.9 Å². The molecule has 3 spiro atoms. The van der Waals surface area contributed by atoms with Gasteiger partial charge in [-0.1, -0.05) is 61.5 Å². The van der Waals surface area contributed by atoms with E-state index in [0.29, 0.717) is 64.2 Å². The molecule has 352 valence electrons. The molecule has 15 nitrogen and oxygen atoms in total. The van der Waals surface area contributed by atoms with E-state index < -0.39 is 100 Å². The number of aliphatic hydroxyl groups excluding tert-OH is 1. The highest BCUT2D eigenvalue weighted by Crippen LogP contribution is 2.68. The first-order chi connectivity index (χ1) is 29.0. The number of urea groups is 1. The summed E-state index contributed by atoms with van der Waals surface area (Å²) in [6.45, 7) is 21.3. The smallest absolute Gasteiger partial charge is 0.415 e. The zero-order valence-electron chi connectivity index (χ0n) is 39.0. The Labute approximate surface area is 368 Å². The molecule has 6 rings (SSSR count). The zero-order chi connectivity index (χ0) is 45.8. The van der Waals surface area contributed by atoms with Crippen molar-refractivity contribution in [1.82, 2.24) is 10.6 Å². The number of aliphatic hydroxyl groups is 2. The molecule has 0 aromatic heterocycles. The van der Waals surface area contributed by atoms with E-state index in [1.807, 2.05) is 48.5 Å². The molecule has 6 aliphatic rings. The van der Waals surface area contributed by atoms with E-state index in [1.54, 1.807) is 26.0 Å². The average molecular weight is 877 g/mol. The van der Waals surface area contributed by atoms with Gasteiger partial charge < -0.3 is 49.1 Å². The number of ketones is 1. The largest absolute Gasteiger partial charge is 0.481 e. The Morgan fingerprint density at radius 3 is 2.21 bits per heavy atom. The van der Waals surface area contributed by atoms with Gasteiger partial charge in [-0.2, -0.15) is 0 Å². The third kappa shape index (κ3) is 8.50. The number of hydrogen-bond acceptors (Lipinski definition) is 12. The van der Waals surface area contributed by atoms with Crippen LogP contribution in [0.15, 0.2) is 12.2 Å². The van der Waals surface area contributed by atoms with E-state index in [0.717, 1.165) is 6.42 Å². The summed E-state index contributed by atoms with van der Waals surface area (Å²) >= 11 is 0. The van der Waals surface area contributed by atoms with Crippen LogP contribution in [0.5, 0.6) is 0 Å². The van der Waals surface area contributed by atoms with Crippen LogP contribution in [0.3, 0.4) is 0 Å². The van der Waals surface area contributed by atoms with Crippen LogP contribution in [0.4, 0.5) is 9.59 Å². The molecule has 0 aromatic carbocycles. The molecule has 0 bridgehead atoms. The second-order valence-corrected chi connectivity index (χ2v) is 20.3. The van der Waals surface area contributed by atoms with Crippen LogP contribution in [-0.4, -0.2) is 111 Å². The Balaban J connectivity index is 1.25. The van der Waals surface area contributed by atoms with Gasteiger partial charge >= 0.3 is 18.1 Å². The summed E-state index contributed by atoms with van der Waals surface area (Å²) in [5.74, 6) is -6.05. The van der Waals surface area contributed by atoms with E-state index in [-0.39, 0.29) is 36.2 Å². The Morgan fingerprint density at radius 1 is 0.903 bits per heavy atom. The number of rotatable bonds is 13. The Kier molecular flexibility index (Phi) is 14.1. The van der Waals surface area contributed by atoms with Gasteiger partial charge in [-0.15, -0.1) is 0 Å². The van der Waals surface area contributed by atoms with Gasteiger partial charge in [0.15, 0.2) is 11.6 Å². The van der Waals surface area contributed by atoms with Crippen molar-refractivity contribution in [2.45, 2.75) is 212 Å². The van der Waals surface area contributed by atoms with Crippen molar-refractivity contribution in [3.63, 3.8) is 0 Å². The number of carboxylic acids is 1. The van der Waals surface area contributed by atoms with Gasteiger partial charge in [0.2, 0.25) is 0 Å². The fourth-order valence-electron chi connectivity index (χ4n) is 12.2. The van der Waals surface area contributed by atoms with Crippen molar-refractivity contribution in [3.8, 4) is 0 Å². The minimum absolute atomic E-state index is 0.0652. The van der Waals surface area contributed by atoms with Gasteiger partial charge in [-0.05, 0) is 103 Å². The minimum Gasteiger partial charge on any atom is -0.481 e. The lowest BCUT2D eigenvalue weighted by Gasteiger charge is -2.55. The molecule has 3 unspecified atom stereocenters. The second-order valence-electron chi connectivity index (χ2n) is 20.3. The number of ether oxygens (including phenoxy) is 6. The SMILES string of the molecule is CCOC(=O)NC(=O)NC1C=C[C@]2(O[C@H](C(CC)C(=O)[C@@H](C)[C@@H](O)C3(C)C[C@]34O[C@@H]([C@@H](CC)C(=O)O)CC[C@@H]4C)[C@@H](C)C[C@H]2C)O[C@@]12CC[C@@](C)([C@H]1CC[C@](O)(CC)[C@H](C)O1)O2. The van der Waals surface area contributed by atoms with E-state index >= 15 is 0 Å². The minimum atomic E-state index is -1.48. The van der Waals surface area contributed by atoms with Crippen molar-refractivity contribution >= 4 is 23.9 Å². The lowest BCUT2D eigenvalue weighted by molar-refractivity contribution is -0.397. The average Bonchev–Trinajstić information content (AvgIpc) is 3.67. The summed E-state index contributed by atoms with van der Waals surface area (Å²) in [7, 11) is 0. The maximum absolute atomic E-state index is 14.8. The highest BCUT2D eigenvalue weighted by atomic mass is 16.8. The van der Waals surface area contributed by atoms with Crippen molar-refractivity contribution in [2.24, 2.45) is 40.9 Å². The fourth-order valence-corrected chi connectivity index (χ4v) is 12.2. The first-order valence-corrected chi connectivity index (χ1v) is 23.6. The van der Waals surface area contributed by atoms with Gasteiger partial charge in [0, 0.05) is 29.6 Å². The standard InChI is InChI=1S/C47H76N2O13/c1-12-31(39(52)53)33-17-16-27(6)45(59-33)25-42(45,10)38(51)29(8)36(50)32(13-2)37-26(5)24-28(7)46(60-37)21-18-34(48-40(54)49-41(55)57-15-4)47(62-46)23-22-43(11,61-47)35-19-20-44(56,14-3)30(9)58-35/h18,21,26-35,37-38,51,56H,12-17,19-20,22-25H2,1-11H3,(H,52,53)(H2,48,49,54,55)/t26-,27-,28+,29+,30-,31+,32?,33+,34?,35+,37-,38+,42?,43-,44+,45+,46-,47-/m0/s1. The second kappa shape index (κ2) is 18.0. The summed E-state index contributed by atoms with van der Waals surface area (Å²) in [6.07, 6.45) is 5.72.